The highest BCUT2D eigenvalue weighted by atomic mass is 79.9. The number of hydrogen-bond donors (Lipinski definition) is 2. The first kappa shape index (κ1) is 16.4. The van der Waals surface area contributed by atoms with Crippen LogP contribution in [0.4, 0.5) is 4.39 Å². The normalized spacial score (nSPS) is 10.4. The third kappa shape index (κ3) is 3.55. The van der Waals surface area contributed by atoms with Gasteiger partial charge in [-0.25, -0.2) is 4.39 Å². The Bertz CT molecular complexity index is 906. The Morgan fingerprint density at radius 3 is 2.46 bits per heavy atom. The van der Waals surface area contributed by atoms with Crippen LogP contribution >= 0.6 is 27.3 Å². The zero-order chi connectivity index (χ0) is 17.1. The number of rotatable bonds is 3. The summed E-state index contributed by atoms with van der Waals surface area (Å²) in [5.41, 5.74) is 4.79. The first-order valence-corrected chi connectivity index (χ1v) is 8.36. The van der Waals surface area contributed by atoms with Crippen molar-refractivity contribution < 1.29 is 18.4 Å². The summed E-state index contributed by atoms with van der Waals surface area (Å²) >= 11 is 4.49. The number of halogens is 2. The predicted octanol–water partition coefficient (Wildman–Crippen LogP) is 3.98. The first-order chi connectivity index (χ1) is 11.5. The molecule has 0 radical (unpaired) electrons. The number of carbonyl (C=O) groups is 2. The molecule has 5 nitrogen and oxygen atoms in total. The summed E-state index contributed by atoms with van der Waals surface area (Å²) in [5.74, 6) is -1.34. The Morgan fingerprint density at radius 1 is 1.00 bits per heavy atom. The smallest absolute Gasteiger partial charge is 0.305 e. The van der Waals surface area contributed by atoms with E-state index < -0.39 is 17.6 Å². The molecule has 0 spiro atoms. The predicted molar refractivity (Wildman–Crippen MR) is 91.1 cm³/mol. The van der Waals surface area contributed by atoms with Gasteiger partial charge in [0.1, 0.15) is 11.6 Å². The maximum atomic E-state index is 13.7. The van der Waals surface area contributed by atoms with Crippen molar-refractivity contribution in [3.05, 3.63) is 68.8 Å². The molecule has 2 heterocycles. The van der Waals surface area contributed by atoms with Gasteiger partial charge in [-0.2, -0.15) is 0 Å². The molecule has 0 aliphatic rings. The molecule has 3 aromatic rings. The molecule has 8 heteroatoms. The van der Waals surface area contributed by atoms with Gasteiger partial charge in [0.25, 0.3) is 5.91 Å². The lowest BCUT2D eigenvalue weighted by molar-refractivity contribution is 0.0833. The van der Waals surface area contributed by atoms with Crippen LogP contribution in [0.15, 0.2) is 56.7 Å². The number of amides is 2. The van der Waals surface area contributed by atoms with Crippen molar-refractivity contribution in [2.24, 2.45) is 0 Å². The maximum absolute atomic E-state index is 13.7. The summed E-state index contributed by atoms with van der Waals surface area (Å²) in [4.78, 5) is 24.3. The van der Waals surface area contributed by atoms with Gasteiger partial charge in [-0.15, -0.1) is 11.3 Å². The Labute approximate surface area is 148 Å². The van der Waals surface area contributed by atoms with E-state index in [4.69, 9.17) is 4.42 Å². The molecule has 0 unspecified atom stereocenters. The molecule has 1 aromatic carbocycles. The van der Waals surface area contributed by atoms with Crippen LogP contribution in [0.3, 0.4) is 0 Å². The number of carbonyl (C=O) groups excluding carboxylic acids is 2. The summed E-state index contributed by atoms with van der Waals surface area (Å²) in [6.07, 6.45) is 0. The summed E-state index contributed by atoms with van der Waals surface area (Å²) in [6.45, 7) is 0. The van der Waals surface area contributed by atoms with Crippen molar-refractivity contribution in [2.45, 2.75) is 0 Å². The summed E-state index contributed by atoms with van der Waals surface area (Å²) in [5, 5.41) is 0. The molecular formula is C16H10BrFN2O3S. The number of hydrogen-bond acceptors (Lipinski definition) is 4. The number of benzene rings is 1. The van der Waals surface area contributed by atoms with Crippen LogP contribution in [0.25, 0.3) is 11.3 Å². The molecule has 24 heavy (non-hydrogen) atoms. The van der Waals surface area contributed by atoms with E-state index in [1.165, 1.54) is 29.5 Å². The largest absolute Gasteiger partial charge is 0.451 e. The minimum absolute atomic E-state index is 0.0408. The zero-order valence-corrected chi connectivity index (χ0v) is 14.4. The fourth-order valence-electron chi connectivity index (χ4n) is 1.94. The van der Waals surface area contributed by atoms with Crippen molar-refractivity contribution in [3.8, 4) is 11.3 Å². The van der Waals surface area contributed by atoms with Gasteiger partial charge in [-0.05, 0) is 52.3 Å². The second-order valence-electron chi connectivity index (χ2n) is 4.66. The highest BCUT2D eigenvalue weighted by Gasteiger charge is 2.15. The summed E-state index contributed by atoms with van der Waals surface area (Å²) in [6, 6.07) is 12.3. The van der Waals surface area contributed by atoms with Crippen LogP contribution in [0.1, 0.15) is 20.2 Å². The van der Waals surface area contributed by atoms with Gasteiger partial charge >= 0.3 is 5.91 Å². The van der Waals surface area contributed by atoms with E-state index in [0.717, 1.165) is 3.79 Å². The van der Waals surface area contributed by atoms with Crippen LogP contribution in [-0.4, -0.2) is 11.8 Å². The topological polar surface area (TPSA) is 71.3 Å². The molecule has 2 aromatic heterocycles. The highest BCUT2D eigenvalue weighted by molar-refractivity contribution is 9.11. The molecule has 0 saturated carbocycles. The monoisotopic (exact) mass is 408 g/mol. The number of hydrazine groups is 1. The standard InChI is InChI=1S/C16H10BrFN2O3S/c17-14-8-7-13(24-14)16(22)20-19-15(21)12-6-5-11(23-12)9-3-1-2-4-10(9)18/h1-8H,(H,19,21)(H,20,22). The van der Waals surface area contributed by atoms with Gasteiger partial charge in [-0.1, -0.05) is 12.1 Å². The van der Waals surface area contributed by atoms with Gasteiger partial charge < -0.3 is 4.42 Å². The first-order valence-electron chi connectivity index (χ1n) is 6.75. The fourth-order valence-corrected chi connectivity index (χ4v) is 3.22. The molecule has 0 aliphatic carbocycles. The summed E-state index contributed by atoms with van der Waals surface area (Å²) in [7, 11) is 0. The fraction of sp³-hybridized carbons (Fsp3) is 0. The Kier molecular flexibility index (Phi) is 4.77. The number of nitrogens with one attached hydrogen (secondary N) is 2. The quantitative estimate of drug-likeness (QED) is 0.643. The summed E-state index contributed by atoms with van der Waals surface area (Å²) < 4.78 is 19.9. The average molecular weight is 409 g/mol. The van der Waals surface area contributed by atoms with Crippen molar-refractivity contribution in [2.75, 3.05) is 0 Å². The molecule has 2 N–H and O–H groups in total. The van der Waals surface area contributed by atoms with E-state index in [0.29, 0.717) is 4.88 Å². The van der Waals surface area contributed by atoms with Crippen molar-refractivity contribution in [1.29, 1.82) is 0 Å². The lowest BCUT2D eigenvalue weighted by Crippen LogP contribution is -2.41. The van der Waals surface area contributed by atoms with E-state index in [1.807, 2.05) is 0 Å². The van der Waals surface area contributed by atoms with Crippen molar-refractivity contribution >= 4 is 39.1 Å². The molecule has 0 bridgehead atoms. The van der Waals surface area contributed by atoms with Crippen LogP contribution in [0.2, 0.25) is 0 Å². The Morgan fingerprint density at radius 2 is 1.75 bits per heavy atom. The van der Waals surface area contributed by atoms with E-state index in [-0.39, 0.29) is 17.1 Å². The van der Waals surface area contributed by atoms with Crippen LogP contribution in [0, 0.1) is 5.82 Å². The molecule has 2 amide bonds. The van der Waals surface area contributed by atoms with E-state index in [1.54, 1.807) is 30.3 Å². The van der Waals surface area contributed by atoms with Crippen molar-refractivity contribution in [1.82, 2.24) is 10.9 Å². The Balaban J connectivity index is 1.66. The molecule has 0 saturated heterocycles. The SMILES string of the molecule is O=C(NNC(=O)c1ccc(Br)s1)c1ccc(-c2ccccc2F)o1. The minimum Gasteiger partial charge on any atom is -0.451 e. The molecule has 0 fully saturated rings. The maximum Gasteiger partial charge on any atom is 0.305 e. The van der Waals surface area contributed by atoms with Gasteiger partial charge in [-0.3, -0.25) is 20.4 Å². The van der Waals surface area contributed by atoms with Crippen LogP contribution in [0.5, 0.6) is 0 Å². The molecule has 0 aliphatic heterocycles. The third-order valence-corrected chi connectivity index (χ3v) is 4.68. The van der Waals surface area contributed by atoms with Crippen LogP contribution in [-0.2, 0) is 0 Å². The highest BCUT2D eigenvalue weighted by Crippen LogP contribution is 2.25. The van der Waals surface area contributed by atoms with E-state index >= 15 is 0 Å². The molecule has 3 rings (SSSR count). The number of furan rings is 1. The zero-order valence-electron chi connectivity index (χ0n) is 12.0. The molecule has 0 atom stereocenters. The van der Waals surface area contributed by atoms with Gasteiger partial charge in [0.2, 0.25) is 0 Å². The minimum atomic E-state index is -0.637. The third-order valence-electron chi connectivity index (χ3n) is 3.06. The Hall–Kier alpha value is -2.45. The second-order valence-corrected chi connectivity index (χ2v) is 7.12. The lowest BCUT2D eigenvalue weighted by atomic mass is 10.1. The second kappa shape index (κ2) is 6.98. The lowest BCUT2D eigenvalue weighted by Gasteiger charge is -2.04. The average Bonchev–Trinajstić information content (AvgIpc) is 3.22. The molecular weight excluding hydrogens is 399 g/mol. The van der Waals surface area contributed by atoms with E-state index in [2.05, 4.69) is 26.8 Å². The van der Waals surface area contributed by atoms with Crippen LogP contribution < -0.4 is 10.9 Å². The molecule has 122 valence electrons. The number of thiophene rings is 1. The van der Waals surface area contributed by atoms with Gasteiger partial charge in [0.05, 0.1) is 14.2 Å². The van der Waals surface area contributed by atoms with Crippen molar-refractivity contribution in [3.63, 3.8) is 0 Å². The van der Waals surface area contributed by atoms with Gasteiger partial charge in [0.15, 0.2) is 5.76 Å². The van der Waals surface area contributed by atoms with Gasteiger partial charge in [0, 0.05) is 0 Å². The van der Waals surface area contributed by atoms with E-state index in [9.17, 15) is 14.0 Å².